The van der Waals surface area contributed by atoms with E-state index in [-0.39, 0.29) is 33.1 Å². The third-order valence-electron chi connectivity index (χ3n) is 4.79. The van der Waals surface area contributed by atoms with Crippen LogP contribution in [0.25, 0.3) is 6.08 Å². The number of nitrogens with one attached hydrogen (secondary N) is 2. The van der Waals surface area contributed by atoms with Gasteiger partial charge in [-0.3, -0.25) is 9.59 Å². The van der Waals surface area contributed by atoms with Crippen molar-refractivity contribution in [3.63, 3.8) is 0 Å². The Bertz CT molecular complexity index is 1320. The first kappa shape index (κ1) is 24.6. The molecule has 0 aromatic heterocycles. The average Bonchev–Trinajstić information content (AvgIpc) is 2.87. The number of nitrogens with zero attached hydrogens (tertiary/aromatic N) is 1. The van der Waals surface area contributed by atoms with Crippen LogP contribution in [0.5, 0.6) is 5.75 Å². The van der Waals surface area contributed by atoms with E-state index in [4.69, 9.17) is 9.47 Å². The maximum absolute atomic E-state index is 13.1. The Morgan fingerprint density at radius 3 is 2.40 bits per heavy atom. The van der Waals surface area contributed by atoms with Gasteiger partial charge in [-0.1, -0.05) is 30.3 Å². The van der Waals surface area contributed by atoms with Crippen molar-refractivity contribution in [1.29, 1.82) is 0 Å². The van der Waals surface area contributed by atoms with Gasteiger partial charge in [0, 0.05) is 17.8 Å². The van der Waals surface area contributed by atoms with Gasteiger partial charge in [0.25, 0.3) is 16.7 Å². The zero-order chi connectivity index (χ0) is 25.4. The minimum atomic E-state index is -0.705. The van der Waals surface area contributed by atoms with Crippen LogP contribution in [-0.4, -0.2) is 42.1 Å². The van der Waals surface area contributed by atoms with Crippen LogP contribution in [0.15, 0.2) is 78.5 Å². The van der Waals surface area contributed by atoms with E-state index < -0.39 is 17.8 Å². The van der Waals surface area contributed by atoms with Crippen molar-refractivity contribution < 1.29 is 34.0 Å². The summed E-state index contributed by atoms with van der Waals surface area (Å²) in [6, 6.07) is 18.3. The third kappa shape index (κ3) is 6.29. The van der Waals surface area contributed by atoms with Crippen molar-refractivity contribution in [2.75, 3.05) is 19.5 Å². The quantitative estimate of drug-likeness (QED) is 0.256. The number of methoxy groups -OCH3 is 2. The number of hydrogen-bond donors (Lipinski definition) is 3. The Hall–Kier alpha value is -4.99. The molecule has 3 rings (SSSR count). The zero-order valence-electron chi connectivity index (χ0n) is 18.8. The van der Waals surface area contributed by atoms with Crippen molar-refractivity contribution in [1.82, 2.24) is 5.32 Å². The van der Waals surface area contributed by atoms with Crippen molar-refractivity contribution in [3.05, 3.63) is 100 Å². The number of carbonyl (C=O) groups is 3. The van der Waals surface area contributed by atoms with Crippen molar-refractivity contribution >= 4 is 35.2 Å². The van der Waals surface area contributed by atoms with E-state index in [1.807, 2.05) is 0 Å². The highest BCUT2D eigenvalue weighted by atomic mass is 16.6. The molecule has 10 nitrogen and oxygen atoms in total. The van der Waals surface area contributed by atoms with Crippen LogP contribution in [0.4, 0.5) is 11.4 Å². The number of amides is 2. The molecule has 178 valence electrons. The van der Waals surface area contributed by atoms with Gasteiger partial charge in [-0.15, -0.1) is 0 Å². The van der Waals surface area contributed by atoms with Crippen molar-refractivity contribution in [3.8, 4) is 5.75 Å². The summed E-state index contributed by atoms with van der Waals surface area (Å²) < 4.78 is 9.91. The standard InChI is InChI=1S/C25H21N3O7/c1-34-22-12-4-3-11-20(22)23(29)27-21(14-16-7-5-10-19(13-16)28(32)33)24(30)26-18-9-6-8-17(15-18)25(31)35-2/h3-15H,1-2H3,(H2-,26,27,29,30,32,33)/p+1/b21-14+. The lowest BCUT2D eigenvalue weighted by Gasteiger charge is -2.13. The SMILES string of the molecule is COC(=O)c1cccc(NC(=O)/C(=C\c2cccc([N+](=O)O)c2)NC(=O)c2ccccc2OC)c1. The molecule has 3 aromatic rings. The highest BCUT2D eigenvalue weighted by Gasteiger charge is 2.19. The molecule has 0 heterocycles. The predicted molar refractivity (Wildman–Crippen MR) is 126 cm³/mol. The first-order valence-corrected chi connectivity index (χ1v) is 10.2. The Kier molecular flexibility index (Phi) is 7.91. The molecule has 0 aliphatic carbocycles. The Morgan fingerprint density at radius 1 is 0.943 bits per heavy atom. The van der Waals surface area contributed by atoms with E-state index in [0.29, 0.717) is 11.3 Å². The van der Waals surface area contributed by atoms with Crippen LogP contribution in [0.3, 0.4) is 0 Å². The topological polar surface area (TPSA) is 134 Å². The predicted octanol–water partition coefficient (Wildman–Crippen LogP) is 3.69. The molecule has 0 saturated heterocycles. The van der Waals surface area contributed by atoms with Crippen LogP contribution in [0.1, 0.15) is 26.3 Å². The maximum Gasteiger partial charge on any atom is 0.337 e. The first-order chi connectivity index (χ1) is 16.8. The summed E-state index contributed by atoms with van der Waals surface area (Å²) in [7, 11) is 2.66. The molecule has 0 aliphatic heterocycles. The number of rotatable bonds is 8. The maximum atomic E-state index is 13.1. The second-order valence-corrected chi connectivity index (χ2v) is 7.11. The van der Waals surface area contributed by atoms with Gasteiger partial charge < -0.3 is 20.1 Å². The smallest absolute Gasteiger partial charge is 0.337 e. The second kappa shape index (κ2) is 11.2. The van der Waals surface area contributed by atoms with E-state index >= 15 is 0 Å². The minimum absolute atomic E-state index is 0.0691. The fourth-order valence-corrected chi connectivity index (χ4v) is 3.12. The number of para-hydroxylation sites is 1. The molecule has 0 fully saturated rings. The van der Waals surface area contributed by atoms with E-state index in [9.17, 15) is 24.5 Å². The van der Waals surface area contributed by atoms with Gasteiger partial charge in [0.05, 0.1) is 30.3 Å². The highest BCUT2D eigenvalue weighted by Crippen LogP contribution is 2.20. The van der Waals surface area contributed by atoms with Gasteiger partial charge >= 0.3 is 11.7 Å². The van der Waals surface area contributed by atoms with Gasteiger partial charge in [-0.25, -0.2) is 10.0 Å². The lowest BCUT2D eigenvalue weighted by atomic mass is 10.1. The van der Waals surface area contributed by atoms with Crippen LogP contribution >= 0.6 is 0 Å². The van der Waals surface area contributed by atoms with Crippen LogP contribution in [0.2, 0.25) is 0 Å². The summed E-state index contributed by atoms with van der Waals surface area (Å²) in [6.45, 7) is 0. The van der Waals surface area contributed by atoms with E-state index in [1.165, 1.54) is 56.7 Å². The lowest BCUT2D eigenvalue weighted by molar-refractivity contribution is -0.729. The number of anilines is 1. The van der Waals surface area contributed by atoms with Gasteiger partial charge in [-0.2, -0.15) is 0 Å². The first-order valence-electron chi connectivity index (χ1n) is 10.2. The molecule has 35 heavy (non-hydrogen) atoms. The van der Waals surface area contributed by atoms with E-state index in [1.54, 1.807) is 36.4 Å². The summed E-state index contributed by atoms with van der Waals surface area (Å²) in [6.07, 6.45) is 1.33. The van der Waals surface area contributed by atoms with E-state index in [0.717, 1.165) is 0 Å². The van der Waals surface area contributed by atoms with Crippen LogP contribution < -0.4 is 15.4 Å². The van der Waals surface area contributed by atoms with E-state index in [2.05, 4.69) is 10.6 Å². The molecule has 0 radical (unpaired) electrons. The van der Waals surface area contributed by atoms with Crippen molar-refractivity contribution in [2.45, 2.75) is 0 Å². The molecule has 0 bridgehead atoms. The van der Waals surface area contributed by atoms with Crippen LogP contribution in [0, 0.1) is 4.91 Å². The molecular formula is C25H22N3O7+. The van der Waals surface area contributed by atoms with Gasteiger partial charge in [0.1, 0.15) is 11.4 Å². The molecule has 0 spiro atoms. The van der Waals surface area contributed by atoms with Gasteiger partial charge in [0.2, 0.25) is 0 Å². The summed E-state index contributed by atoms with van der Waals surface area (Å²) >= 11 is 0. The monoisotopic (exact) mass is 476 g/mol. The molecule has 0 atom stereocenters. The largest absolute Gasteiger partial charge is 0.496 e. The van der Waals surface area contributed by atoms with Crippen molar-refractivity contribution in [2.24, 2.45) is 0 Å². The van der Waals surface area contributed by atoms with Gasteiger partial charge in [0.15, 0.2) is 0 Å². The fourth-order valence-electron chi connectivity index (χ4n) is 3.12. The fraction of sp³-hybridized carbons (Fsp3) is 0.0800. The zero-order valence-corrected chi connectivity index (χ0v) is 18.8. The van der Waals surface area contributed by atoms with Gasteiger partial charge in [-0.05, 0) is 42.0 Å². The number of carbonyl (C=O) groups excluding carboxylic acids is 3. The molecule has 2 amide bonds. The number of hydrogen-bond acceptors (Lipinski definition) is 6. The normalized spacial score (nSPS) is 10.7. The summed E-state index contributed by atoms with van der Waals surface area (Å²) in [5.74, 6) is -1.59. The molecule has 0 aliphatic rings. The minimum Gasteiger partial charge on any atom is -0.496 e. The summed E-state index contributed by atoms with van der Waals surface area (Å²) in [4.78, 5) is 48.9. The molecule has 0 saturated carbocycles. The van der Waals surface area contributed by atoms with Crippen LogP contribution in [-0.2, 0) is 9.53 Å². The Balaban J connectivity index is 1.97. The Morgan fingerprint density at radius 2 is 1.69 bits per heavy atom. The average molecular weight is 476 g/mol. The highest BCUT2D eigenvalue weighted by molar-refractivity contribution is 6.11. The third-order valence-corrected chi connectivity index (χ3v) is 4.79. The molecular weight excluding hydrogens is 454 g/mol. The number of esters is 1. The molecule has 3 aromatic carbocycles. The Labute approximate surface area is 200 Å². The number of benzene rings is 3. The molecule has 3 N–H and O–H groups in total. The number of ether oxygens (including phenoxy) is 2. The summed E-state index contributed by atoms with van der Waals surface area (Å²) in [5, 5.41) is 14.4. The molecule has 10 heteroatoms. The summed E-state index contributed by atoms with van der Waals surface area (Å²) in [5.41, 5.74) is 0.810. The molecule has 0 unspecified atom stereocenters. The lowest BCUT2D eigenvalue weighted by Crippen LogP contribution is -2.31. The second-order valence-electron chi connectivity index (χ2n) is 7.11.